The third-order valence-corrected chi connectivity index (χ3v) is 4.22. The third kappa shape index (κ3) is 4.14. The molecule has 1 saturated heterocycles. The van der Waals surface area contributed by atoms with E-state index in [1.54, 1.807) is 0 Å². The molecule has 0 aromatic heterocycles. The first-order chi connectivity index (χ1) is 9.16. The number of carbonyl (C=O) groups is 1. The summed E-state index contributed by atoms with van der Waals surface area (Å²) in [5.74, 6) is 2.24. The molecule has 1 fully saturated rings. The lowest BCUT2D eigenvalue weighted by atomic mass is 10.2. The van der Waals surface area contributed by atoms with E-state index in [0.29, 0.717) is 12.5 Å². The molecule has 2 rings (SSSR count). The van der Waals surface area contributed by atoms with Gasteiger partial charge in [-0.15, -0.1) is 0 Å². The van der Waals surface area contributed by atoms with Crippen molar-refractivity contribution in [2.75, 3.05) is 42.4 Å². The SMILES string of the molecule is CN(C)c1ccccc1NC(=O)CC1CSCCN1. The van der Waals surface area contributed by atoms with Crippen LogP contribution in [0.25, 0.3) is 0 Å². The zero-order valence-electron chi connectivity index (χ0n) is 11.5. The molecule has 104 valence electrons. The number of thioether (sulfide) groups is 1. The lowest BCUT2D eigenvalue weighted by Crippen LogP contribution is -2.40. The van der Waals surface area contributed by atoms with E-state index < -0.39 is 0 Å². The molecule has 1 aromatic rings. The Kier molecular flexibility index (Phi) is 5.10. The molecule has 1 unspecified atom stereocenters. The summed E-state index contributed by atoms with van der Waals surface area (Å²) >= 11 is 1.91. The Labute approximate surface area is 118 Å². The number of hydrogen-bond acceptors (Lipinski definition) is 4. The smallest absolute Gasteiger partial charge is 0.226 e. The molecular weight excluding hydrogens is 258 g/mol. The lowest BCUT2D eigenvalue weighted by molar-refractivity contribution is -0.116. The van der Waals surface area contributed by atoms with Crippen LogP contribution in [-0.2, 0) is 4.79 Å². The fraction of sp³-hybridized carbons (Fsp3) is 0.500. The predicted octanol–water partition coefficient (Wildman–Crippen LogP) is 1.79. The summed E-state index contributed by atoms with van der Waals surface area (Å²) < 4.78 is 0. The number of para-hydroxylation sites is 2. The van der Waals surface area contributed by atoms with Gasteiger partial charge in [-0.1, -0.05) is 12.1 Å². The van der Waals surface area contributed by atoms with Crippen LogP contribution >= 0.6 is 11.8 Å². The van der Waals surface area contributed by atoms with Crippen molar-refractivity contribution in [1.29, 1.82) is 0 Å². The van der Waals surface area contributed by atoms with Gasteiger partial charge < -0.3 is 15.5 Å². The second-order valence-corrected chi connectivity index (χ2v) is 6.04. The first kappa shape index (κ1) is 14.2. The van der Waals surface area contributed by atoms with Crippen molar-refractivity contribution in [3.63, 3.8) is 0 Å². The highest BCUT2D eigenvalue weighted by Crippen LogP contribution is 2.23. The Balaban J connectivity index is 1.94. The van der Waals surface area contributed by atoms with Crippen molar-refractivity contribution in [2.45, 2.75) is 12.5 Å². The minimum Gasteiger partial charge on any atom is -0.376 e. The summed E-state index contributed by atoms with van der Waals surface area (Å²) in [6, 6.07) is 8.16. The van der Waals surface area contributed by atoms with Crippen molar-refractivity contribution < 1.29 is 4.79 Å². The van der Waals surface area contributed by atoms with Crippen LogP contribution in [0.1, 0.15) is 6.42 Å². The first-order valence-electron chi connectivity index (χ1n) is 6.54. The molecule has 5 heteroatoms. The summed E-state index contributed by atoms with van der Waals surface area (Å²) in [7, 11) is 3.95. The van der Waals surface area contributed by atoms with E-state index in [1.165, 1.54) is 0 Å². The van der Waals surface area contributed by atoms with Crippen LogP contribution in [0.2, 0.25) is 0 Å². The summed E-state index contributed by atoms with van der Waals surface area (Å²) in [6.45, 7) is 0.997. The van der Waals surface area contributed by atoms with E-state index in [9.17, 15) is 4.79 Å². The highest BCUT2D eigenvalue weighted by atomic mass is 32.2. The Morgan fingerprint density at radius 1 is 1.47 bits per heavy atom. The van der Waals surface area contributed by atoms with E-state index in [1.807, 2.05) is 55.0 Å². The zero-order chi connectivity index (χ0) is 13.7. The molecule has 1 aliphatic heterocycles. The molecule has 0 saturated carbocycles. The van der Waals surface area contributed by atoms with Crippen molar-refractivity contribution in [3.05, 3.63) is 24.3 Å². The zero-order valence-corrected chi connectivity index (χ0v) is 12.3. The molecule has 0 radical (unpaired) electrons. The second kappa shape index (κ2) is 6.82. The van der Waals surface area contributed by atoms with Gasteiger partial charge in [0.25, 0.3) is 0 Å². The van der Waals surface area contributed by atoms with Crippen LogP contribution in [0.15, 0.2) is 24.3 Å². The average Bonchev–Trinajstić information content (AvgIpc) is 2.40. The molecule has 0 bridgehead atoms. The van der Waals surface area contributed by atoms with Crippen molar-refractivity contribution in [3.8, 4) is 0 Å². The van der Waals surface area contributed by atoms with Crippen LogP contribution < -0.4 is 15.5 Å². The fourth-order valence-corrected chi connectivity index (χ4v) is 3.09. The van der Waals surface area contributed by atoms with E-state index in [0.717, 1.165) is 29.4 Å². The monoisotopic (exact) mass is 279 g/mol. The van der Waals surface area contributed by atoms with Gasteiger partial charge in [0, 0.05) is 44.6 Å². The summed E-state index contributed by atoms with van der Waals surface area (Å²) in [6.07, 6.45) is 0.536. The predicted molar refractivity (Wildman–Crippen MR) is 83.1 cm³/mol. The maximum atomic E-state index is 12.1. The number of nitrogens with zero attached hydrogens (tertiary/aromatic N) is 1. The van der Waals surface area contributed by atoms with E-state index in [-0.39, 0.29) is 5.91 Å². The van der Waals surface area contributed by atoms with E-state index in [2.05, 4.69) is 10.6 Å². The van der Waals surface area contributed by atoms with Gasteiger partial charge in [0.05, 0.1) is 11.4 Å². The topological polar surface area (TPSA) is 44.4 Å². The molecule has 0 aliphatic carbocycles. The van der Waals surface area contributed by atoms with E-state index >= 15 is 0 Å². The van der Waals surface area contributed by atoms with Gasteiger partial charge in [0.2, 0.25) is 5.91 Å². The minimum atomic E-state index is 0.0781. The Hall–Kier alpha value is -1.20. The molecule has 4 nitrogen and oxygen atoms in total. The number of amides is 1. The number of hydrogen-bond donors (Lipinski definition) is 2. The van der Waals surface area contributed by atoms with Gasteiger partial charge in [-0.05, 0) is 12.1 Å². The number of nitrogens with one attached hydrogen (secondary N) is 2. The van der Waals surface area contributed by atoms with Crippen LogP contribution in [0, 0.1) is 0 Å². The maximum absolute atomic E-state index is 12.1. The van der Waals surface area contributed by atoms with Crippen molar-refractivity contribution in [2.24, 2.45) is 0 Å². The Bertz CT molecular complexity index is 430. The minimum absolute atomic E-state index is 0.0781. The van der Waals surface area contributed by atoms with Crippen molar-refractivity contribution in [1.82, 2.24) is 5.32 Å². The largest absolute Gasteiger partial charge is 0.376 e. The van der Waals surface area contributed by atoms with Gasteiger partial charge in [-0.2, -0.15) is 11.8 Å². The molecule has 19 heavy (non-hydrogen) atoms. The molecule has 1 amide bonds. The van der Waals surface area contributed by atoms with Crippen molar-refractivity contribution >= 4 is 29.0 Å². The average molecular weight is 279 g/mol. The fourth-order valence-electron chi connectivity index (χ4n) is 2.15. The quantitative estimate of drug-likeness (QED) is 0.882. The lowest BCUT2D eigenvalue weighted by Gasteiger charge is -2.23. The highest BCUT2D eigenvalue weighted by Gasteiger charge is 2.17. The Morgan fingerprint density at radius 2 is 2.26 bits per heavy atom. The second-order valence-electron chi connectivity index (χ2n) is 4.89. The van der Waals surface area contributed by atoms with Crippen LogP contribution in [0.4, 0.5) is 11.4 Å². The molecule has 1 heterocycles. The molecular formula is C14H21N3OS. The van der Waals surface area contributed by atoms with Gasteiger partial charge >= 0.3 is 0 Å². The normalized spacial score (nSPS) is 18.9. The summed E-state index contributed by atoms with van der Waals surface area (Å²) in [4.78, 5) is 14.1. The Morgan fingerprint density at radius 3 is 2.95 bits per heavy atom. The summed E-state index contributed by atoms with van der Waals surface area (Å²) in [5.41, 5.74) is 1.91. The van der Waals surface area contributed by atoms with Gasteiger partial charge in [0.1, 0.15) is 0 Å². The molecule has 1 aliphatic rings. The number of rotatable bonds is 4. The first-order valence-corrected chi connectivity index (χ1v) is 7.69. The van der Waals surface area contributed by atoms with Crippen LogP contribution in [0.3, 0.4) is 0 Å². The number of carbonyl (C=O) groups excluding carboxylic acids is 1. The van der Waals surface area contributed by atoms with E-state index in [4.69, 9.17) is 0 Å². The van der Waals surface area contributed by atoms with Gasteiger partial charge in [-0.25, -0.2) is 0 Å². The van der Waals surface area contributed by atoms with Crippen LogP contribution in [-0.4, -0.2) is 44.1 Å². The molecule has 2 N–H and O–H groups in total. The molecule has 1 atom stereocenters. The van der Waals surface area contributed by atoms with Gasteiger partial charge in [0.15, 0.2) is 0 Å². The summed E-state index contributed by atoms with van der Waals surface area (Å²) in [5, 5.41) is 6.39. The maximum Gasteiger partial charge on any atom is 0.226 e. The van der Waals surface area contributed by atoms with Gasteiger partial charge in [-0.3, -0.25) is 4.79 Å². The number of benzene rings is 1. The molecule has 0 spiro atoms. The highest BCUT2D eigenvalue weighted by molar-refractivity contribution is 7.99. The third-order valence-electron chi connectivity index (χ3n) is 3.09. The standard InChI is InChI=1S/C14H21N3OS/c1-17(2)13-6-4-3-5-12(13)16-14(18)9-11-10-19-8-7-15-11/h3-6,11,15H,7-10H2,1-2H3,(H,16,18). The molecule has 1 aromatic carbocycles. The number of anilines is 2. The van der Waals surface area contributed by atoms with Crippen LogP contribution in [0.5, 0.6) is 0 Å².